The van der Waals surface area contributed by atoms with E-state index in [9.17, 15) is 0 Å². The van der Waals surface area contributed by atoms with Crippen LogP contribution < -0.4 is 5.73 Å². The molecule has 0 fully saturated rings. The third-order valence-corrected chi connectivity index (χ3v) is 2.98. The van der Waals surface area contributed by atoms with Crippen molar-refractivity contribution >= 4 is 0 Å². The molecule has 0 heterocycles. The quantitative estimate of drug-likeness (QED) is 0.564. The minimum atomic E-state index is 0.709. The maximum Gasteiger partial charge on any atom is 0.0843 e. The molecule has 0 aliphatic rings. The molecule has 0 radical (unpaired) electrons. The van der Waals surface area contributed by atoms with Gasteiger partial charge in [0.05, 0.1) is 6.04 Å². The molecule has 0 rings (SSSR count). The van der Waals surface area contributed by atoms with Gasteiger partial charge in [-0.2, -0.15) is 0 Å². The Morgan fingerprint density at radius 3 is 2.23 bits per heavy atom. The molecule has 80 valence electrons. The second-order valence-electron chi connectivity index (χ2n) is 4.45. The highest BCUT2D eigenvalue weighted by atomic mass is 14.6. The fourth-order valence-corrected chi connectivity index (χ4v) is 1.55. The fourth-order valence-electron chi connectivity index (χ4n) is 1.55. The van der Waals surface area contributed by atoms with E-state index in [2.05, 4.69) is 26.5 Å². The molecule has 0 spiro atoms. The molecular formula is C12H28N+. The van der Waals surface area contributed by atoms with Crippen LogP contribution in [0.4, 0.5) is 0 Å². The van der Waals surface area contributed by atoms with Crippen molar-refractivity contribution in [1.29, 1.82) is 0 Å². The van der Waals surface area contributed by atoms with E-state index in [-0.39, 0.29) is 0 Å². The highest BCUT2D eigenvalue weighted by molar-refractivity contribution is 4.58. The summed E-state index contributed by atoms with van der Waals surface area (Å²) in [5.74, 6) is 0.899. The average Bonchev–Trinajstić information content (AvgIpc) is 2.14. The van der Waals surface area contributed by atoms with Crippen LogP contribution in [0.25, 0.3) is 0 Å². The van der Waals surface area contributed by atoms with Gasteiger partial charge in [0, 0.05) is 0 Å². The fraction of sp³-hybridized carbons (Fsp3) is 1.00. The minimum absolute atomic E-state index is 0.709. The molecular weight excluding hydrogens is 158 g/mol. The first-order valence-corrected chi connectivity index (χ1v) is 6.03. The lowest BCUT2D eigenvalue weighted by Gasteiger charge is -2.11. The number of unbranched alkanes of at least 4 members (excludes halogenated alkanes) is 2. The van der Waals surface area contributed by atoms with E-state index in [1.54, 1.807) is 0 Å². The van der Waals surface area contributed by atoms with Gasteiger partial charge < -0.3 is 5.73 Å². The van der Waals surface area contributed by atoms with Crippen molar-refractivity contribution in [2.75, 3.05) is 0 Å². The Kier molecular flexibility index (Phi) is 8.53. The van der Waals surface area contributed by atoms with E-state index < -0.39 is 0 Å². The Labute approximate surface area is 84.1 Å². The van der Waals surface area contributed by atoms with Gasteiger partial charge in [0.15, 0.2) is 0 Å². The first-order chi connectivity index (χ1) is 6.20. The van der Waals surface area contributed by atoms with Crippen LogP contribution >= 0.6 is 0 Å². The molecule has 1 nitrogen and oxygen atoms in total. The largest absolute Gasteiger partial charge is 0.355 e. The predicted molar refractivity (Wildman–Crippen MR) is 59.5 cm³/mol. The highest BCUT2D eigenvalue weighted by Crippen LogP contribution is 2.12. The van der Waals surface area contributed by atoms with E-state index in [0.29, 0.717) is 6.04 Å². The maximum absolute atomic E-state index is 4.22. The average molecular weight is 186 g/mol. The summed E-state index contributed by atoms with van der Waals surface area (Å²) in [6.07, 6.45) is 9.46. The molecule has 0 saturated carbocycles. The van der Waals surface area contributed by atoms with E-state index >= 15 is 0 Å². The first-order valence-electron chi connectivity index (χ1n) is 6.03. The zero-order valence-corrected chi connectivity index (χ0v) is 9.81. The molecule has 0 aliphatic heterocycles. The summed E-state index contributed by atoms with van der Waals surface area (Å²) in [5, 5.41) is 0. The standard InChI is InChI=1S/C12H27N/c1-4-6-7-8-12(13)10-9-11(3)5-2/h11-12H,4-10,13H2,1-3H3/p+1. The van der Waals surface area contributed by atoms with Crippen molar-refractivity contribution in [3.63, 3.8) is 0 Å². The maximum atomic E-state index is 4.22. The molecule has 0 aromatic rings. The van der Waals surface area contributed by atoms with Gasteiger partial charge in [-0.05, 0) is 31.6 Å². The first kappa shape index (κ1) is 13.0. The Morgan fingerprint density at radius 1 is 1.00 bits per heavy atom. The van der Waals surface area contributed by atoms with Crippen LogP contribution in [-0.2, 0) is 0 Å². The van der Waals surface area contributed by atoms with Crippen LogP contribution in [0.15, 0.2) is 0 Å². The van der Waals surface area contributed by atoms with Gasteiger partial charge in [0.1, 0.15) is 0 Å². The Morgan fingerprint density at radius 2 is 1.69 bits per heavy atom. The van der Waals surface area contributed by atoms with Gasteiger partial charge in [-0.15, -0.1) is 0 Å². The molecule has 0 saturated heterocycles. The summed E-state index contributed by atoms with van der Waals surface area (Å²) in [6.45, 7) is 6.88. The van der Waals surface area contributed by atoms with Gasteiger partial charge in [0.25, 0.3) is 0 Å². The van der Waals surface area contributed by atoms with E-state index in [4.69, 9.17) is 0 Å². The zero-order valence-electron chi connectivity index (χ0n) is 9.81. The minimum Gasteiger partial charge on any atom is -0.355 e. The summed E-state index contributed by atoms with van der Waals surface area (Å²) in [4.78, 5) is 0. The van der Waals surface area contributed by atoms with Crippen molar-refractivity contribution in [3.8, 4) is 0 Å². The van der Waals surface area contributed by atoms with Crippen molar-refractivity contribution in [3.05, 3.63) is 0 Å². The molecule has 1 heteroatoms. The molecule has 0 bridgehead atoms. The summed E-state index contributed by atoms with van der Waals surface area (Å²) in [5.41, 5.74) is 4.22. The van der Waals surface area contributed by atoms with Crippen LogP contribution in [0.2, 0.25) is 0 Å². The van der Waals surface area contributed by atoms with Crippen LogP contribution in [0.3, 0.4) is 0 Å². The zero-order chi connectivity index (χ0) is 10.1. The molecule has 2 atom stereocenters. The summed E-state index contributed by atoms with van der Waals surface area (Å²) in [6, 6.07) is 0.709. The van der Waals surface area contributed by atoms with Gasteiger partial charge in [-0.1, -0.05) is 40.0 Å². The van der Waals surface area contributed by atoms with Crippen LogP contribution in [-0.4, -0.2) is 6.04 Å². The van der Waals surface area contributed by atoms with Crippen molar-refractivity contribution < 1.29 is 5.73 Å². The lowest BCUT2D eigenvalue weighted by Crippen LogP contribution is -2.60. The highest BCUT2D eigenvalue weighted by Gasteiger charge is 2.07. The number of rotatable bonds is 8. The third-order valence-electron chi connectivity index (χ3n) is 2.98. The number of quaternary nitrogens is 1. The molecule has 0 aromatic carbocycles. The lowest BCUT2D eigenvalue weighted by molar-refractivity contribution is -0.423. The van der Waals surface area contributed by atoms with Gasteiger partial charge >= 0.3 is 0 Å². The second kappa shape index (κ2) is 8.55. The SMILES string of the molecule is CCCCCC([NH3+])CCC(C)CC. The lowest BCUT2D eigenvalue weighted by atomic mass is 9.97. The second-order valence-corrected chi connectivity index (χ2v) is 4.45. The molecule has 2 unspecified atom stereocenters. The van der Waals surface area contributed by atoms with Crippen molar-refractivity contribution in [1.82, 2.24) is 0 Å². The van der Waals surface area contributed by atoms with E-state index in [0.717, 1.165) is 5.92 Å². The van der Waals surface area contributed by atoms with Gasteiger partial charge in [0.2, 0.25) is 0 Å². The van der Waals surface area contributed by atoms with E-state index in [1.807, 2.05) is 0 Å². The van der Waals surface area contributed by atoms with Crippen molar-refractivity contribution in [2.24, 2.45) is 5.92 Å². The normalized spacial score (nSPS) is 15.7. The van der Waals surface area contributed by atoms with Crippen molar-refractivity contribution in [2.45, 2.75) is 71.8 Å². The third kappa shape index (κ3) is 8.29. The summed E-state index contributed by atoms with van der Waals surface area (Å²) in [7, 11) is 0. The number of hydrogen-bond donors (Lipinski definition) is 1. The summed E-state index contributed by atoms with van der Waals surface area (Å²) >= 11 is 0. The van der Waals surface area contributed by atoms with Gasteiger partial charge in [-0.25, -0.2) is 0 Å². The number of hydrogen-bond acceptors (Lipinski definition) is 0. The van der Waals surface area contributed by atoms with Gasteiger partial charge in [-0.3, -0.25) is 0 Å². The van der Waals surface area contributed by atoms with Crippen LogP contribution in [0.5, 0.6) is 0 Å². The predicted octanol–water partition coefficient (Wildman–Crippen LogP) is 3.00. The Balaban J connectivity index is 3.24. The molecule has 13 heavy (non-hydrogen) atoms. The molecule has 0 aromatic heterocycles. The molecule has 0 aliphatic carbocycles. The Hall–Kier alpha value is -0.0400. The molecule has 0 amide bonds. The topological polar surface area (TPSA) is 27.6 Å². The monoisotopic (exact) mass is 186 g/mol. The van der Waals surface area contributed by atoms with Crippen LogP contribution in [0.1, 0.15) is 65.7 Å². The molecule has 3 N–H and O–H groups in total. The smallest absolute Gasteiger partial charge is 0.0843 e. The Bertz CT molecular complexity index is 101. The summed E-state index contributed by atoms with van der Waals surface area (Å²) < 4.78 is 0. The van der Waals surface area contributed by atoms with Crippen LogP contribution in [0, 0.1) is 5.92 Å². The van der Waals surface area contributed by atoms with E-state index in [1.165, 1.54) is 44.9 Å².